The number of carbonyl (C=O) groups excluding carboxylic acids is 3. The number of hydrogen-bond donors (Lipinski definition) is 0. The number of hydrogen-bond acceptors (Lipinski definition) is 9. The van der Waals surface area contributed by atoms with Crippen LogP contribution in [0.2, 0.25) is 0 Å². The standard InChI is InChI=1S/C22H34O9S/c1-4-5-13(2)12-29-19(24)8-18(32(26,27)28)21(25)30-20-16-6-15-7-17(20)11-22(9-15,10-16)31-14(3)23/h13,15-18,20H,4-12H2,1-3H3,(H,26,27,28)/p-1. The van der Waals surface area contributed by atoms with E-state index in [0.717, 1.165) is 32.1 Å². The van der Waals surface area contributed by atoms with Crippen LogP contribution in [-0.2, 0) is 38.7 Å². The fourth-order valence-corrected chi connectivity index (χ4v) is 6.69. The Morgan fingerprint density at radius 3 is 2.28 bits per heavy atom. The van der Waals surface area contributed by atoms with Gasteiger partial charge in [0.15, 0.2) is 5.25 Å². The molecule has 4 rings (SSSR count). The molecule has 4 saturated carbocycles. The van der Waals surface area contributed by atoms with E-state index >= 15 is 0 Å². The minimum Gasteiger partial charge on any atom is -0.747 e. The fourth-order valence-electron chi connectivity index (χ4n) is 6.06. The summed E-state index contributed by atoms with van der Waals surface area (Å²) in [6, 6.07) is 0. The number of carbonyl (C=O) groups is 3. The Bertz CT molecular complexity index is 820. The highest BCUT2D eigenvalue weighted by molar-refractivity contribution is 7.87. The maximum Gasteiger partial charge on any atom is 0.324 e. The van der Waals surface area contributed by atoms with E-state index in [-0.39, 0.29) is 30.3 Å². The van der Waals surface area contributed by atoms with Crippen molar-refractivity contribution in [3.63, 3.8) is 0 Å². The van der Waals surface area contributed by atoms with Gasteiger partial charge in [0.25, 0.3) is 0 Å². The van der Waals surface area contributed by atoms with E-state index in [1.54, 1.807) is 0 Å². The Hall–Kier alpha value is -1.68. The van der Waals surface area contributed by atoms with E-state index in [4.69, 9.17) is 14.2 Å². The molecular weight excluding hydrogens is 440 g/mol. The molecule has 4 atom stereocenters. The highest BCUT2D eigenvalue weighted by Gasteiger charge is 2.58. The van der Waals surface area contributed by atoms with Crippen molar-refractivity contribution in [1.29, 1.82) is 0 Å². The summed E-state index contributed by atoms with van der Waals surface area (Å²) >= 11 is 0. The molecule has 4 bridgehead atoms. The zero-order valence-corrected chi connectivity index (χ0v) is 19.7. The summed E-state index contributed by atoms with van der Waals surface area (Å²) in [5.74, 6) is -2.13. The van der Waals surface area contributed by atoms with Crippen molar-refractivity contribution in [3.8, 4) is 0 Å². The van der Waals surface area contributed by atoms with Crippen LogP contribution in [0.3, 0.4) is 0 Å². The van der Waals surface area contributed by atoms with Gasteiger partial charge in [0.1, 0.15) is 21.8 Å². The SMILES string of the molecule is CCCC(C)COC(=O)CC(C(=O)OC1C2CC3CC1CC(OC(C)=O)(C3)C2)S(=O)(=O)[O-]. The first-order valence-corrected chi connectivity index (χ1v) is 12.9. The zero-order chi connectivity index (χ0) is 23.7. The molecule has 0 radical (unpaired) electrons. The second-order valence-corrected chi connectivity index (χ2v) is 11.5. The third-order valence-corrected chi connectivity index (χ3v) is 8.07. The van der Waals surface area contributed by atoms with Crippen LogP contribution in [0.25, 0.3) is 0 Å². The molecule has 10 heteroatoms. The van der Waals surface area contributed by atoms with Crippen LogP contribution in [0.5, 0.6) is 0 Å². The first-order valence-electron chi connectivity index (χ1n) is 11.4. The predicted octanol–water partition coefficient (Wildman–Crippen LogP) is 2.32. The van der Waals surface area contributed by atoms with E-state index in [1.165, 1.54) is 6.92 Å². The molecule has 4 aliphatic rings. The molecule has 0 saturated heterocycles. The summed E-state index contributed by atoms with van der Waals surface area (Å²) in [6.45, 7) is 5.36. The lowest BCUT2D eigenvalue weighted by Gasteiger charge is -2.58. The lowest BCUT2D eigenvalue weighted by atomic mass is 9.53. The normalized spacial score (nSPS) is 32.8. The lowest BCUT2D eigenvalue weighted by Crippen LogP contribution is -2.59. The van der Waals surface area contributed by atoms with Crippen LogP contribution < -0.4 is 0 Å². The van der Waals surface area contributed by atoms with Gasteiger partial charge < -0.3 is 18.8 Å². The van der Waals surface area contributed by atoms with Gasteiger partial charge in [0, 0.05) is 18.8 Å². The largest absolute Gasteiger partial charge is 0.747 e. The van der Waals surface area contributed by atoms with Crippen molar-refractivity contribution in [2.75, 3.05) is 6.61 Å². The molecule has 4 aliphatic carbocycles. The van der Waals surface area contributed by atoms with Crippen LogP contribution >= 0.6 is 0 Å². The summed E-state index contributed by atoms with van der Waals surface area (Å²) in [7, 11) is -5.11. The van der Waals surface area contributed by atoms with Crippen molar-refractivity contribution in [3.05, 3.63) is 0 Å². The summed E-state index contributed by atoms with van der Waals surface area (Å²) in [4.78, 5) is 36.4. The third-order valence-electron chi connectivity index (χ3n) is 7.02. The van der Waals surface area contributed by atoms with Crippen molar-refractivity contribution < 1.29 is 41.6 Å². The lowest BCUT2D eigenvalue weighted by molar-refractivity contribution is -0.214. The Labute approximate surface area is 189 Å². The first kappa shape index (κ1) is 25.0. The maximum atomic E-state index is 12.7. The van der Waals surface area contributed by atoms with Gasteiger partial charge in [-0.1, -0.05) is 20.3 Å². The van der Waals surface area contributed by atoms with E-state index in [2.05, 4.69) is 0 Å². The summed E-state index contributed by atoms with van der Waals surface area (Å²) in [6.07, 6.45) is 3.81. The molecule has 0 aliphatic heterocycles. The van der Waals surface area contributed by atoms with Crippen LogP contribution in [0.1, 0.15) is 72.1 Å². The maximum absolute atomic E-state index is 12.7. The minimum atomic E-state index is -5.11. The molecule has 4 unspecified atom stereocenters. The van der Waals surface area contributed by atoms with E-state index < -0.39 is 45.4 Å². The highest BCUT2D eigenvalue weighted by atomic mass is 32.2. The Kier molecular flexibility index (Phi) is 7.54. The summed E-state index contributed by atoms with van der Waals surface area (Å²) in [5, 5.41) is -2.13. The van der Waals surface area contributed by atoms with Crippen molar-refractivity contribution in [1.82, 2.24) is 0 Å². The predicted molar refractivity (Wildman–Crippen MR) is 111 cm³/mol. The minimum absolute atomic E-state index is 0.0681. The molecule has 0 amide bonds. The van der Waals surface area contributed by atoms with E-state index in [0.29, 0.717) is 18.8 Å². The monoisotopic (exact) mass is 473 g/mol. The second-order valence-electron chi connectivity index (χ2n) is 9.91. The molecule has 0 N–H and O–H groups in total. The average Bonchev–Trinajstić information content (AvgIpc) is 2.65. The smallest absolute Gasteiger partial charge is 0.324 e. The summed E-state index contributed by atoms with van der Waals surface area (Å²) < 4.78 is 51.5. The first-order chi connectivity index (χ1) is 14.9. The van der Waals surface area contributed by atoms with Gasteiger partial charge in [-0.3, -0.25) is 14.4 Å². The van der Waals surface area contributed by atoms with Gasteiger partial charge in [0.2, 0.25) is 0 Å². The molecule has 0 heterocycles. The number of esters is 3. The second kappa shape index (κ2) is 9.67. The molecule has 4 fully saturated rings. The van der Waals surface area contributed by atoms with Gasteiger partial charge in [-0.15, -0.1) is 0 Å². The molecule has 32 heavy (non-hydrogen) atoms. The fraction of sp³-hybridized carbons (Fsp3) is 0.864. The molecular formula is C22H33O9S-. The molecule has 9 nitrogen and oxygen atoms in total. The molecule has 0 aromatic heterocycles. The summed E-state index contributed by atoms with van der Waals surface area (Å²) in [5.41, 5.74) is -0.547. The van der Waals surface area contributed by atoms with Gasteiger partial charge in [0.05, 0.1) is 13.0 Å². The van der Waals surface area contributed by atoms with Gasteiger partial charge in [-0.25, -0.2) is 8.42 Å². The van der Waals surface area contributed by atoms with Crippen LogP contribution in [0, 0.1) is 23.7 Å². The number of ether oxygens (including phenoxy) is 3. The topological polar surface area (TPSA) is 136 Å². The van der Waals surface area contributed by atoms with Crippen LogP contribution in [-0.4, -0.2) is 54.4 Å². The number of rotatable bonds is 10. The van der Waals surface area contributed by atoms with Crippen molar-refractivity contribution >= 4 is 28.0 Å². The van der Waals surface area contributed by atoms with E-state index in [9.17, 15) is 27.4 Å². The highest BCUT2D eigenvalue weighted by Crippen LogP contribution is 2.58. The molecule has 182 valence electrons. The van der Waals surface area contributed by atoms with Crippen LogP contribution in [0.15, 0.2) is 0 Å². The molecule has 0 aromatic rings. The Morgan fingerprint density at radius 1 is 1.12 bits per heavy atom. The molecule has 0 spiro atoms. The Morgan fingerprint density at radius 2 is 1.75 bits per heavy atom. The third kappa shape index (κ3) is 5.81. The molecule has 0 aromatic carbocycles. The quantitative estimate of drug-likeness (QED) is 0.266. The van der Waals surface area contributed by atoms with Gasteiger partial charge in [-0.05, 0) is 50.4 Å². The Balaban J connectivity index is 1.63. The average molecular weight is 474 g/mol. The zero-order valence-electron chi connectivity index (χ0n) is 18.9. The van der Waals surface area contributed by atoms with E-state index in [1.807, 2.05) is 13.8 Å². The van der Waals surface area contributed by atoms with Crippen molar-refractivity contribution in [2.45, 2.75) is 89.1 Å². The van der Waals surface area contributed by atoms with Crippen molar-refractivity contribution in [2.24, 2.45) is 23.7 Å². The van der Waals surface area contributed by atoms with Crippen LogP contribution in [0.4, 0.5) is 0 Å². The van der Waals surface area contributed by atoms with Gasteiger partial charge in [-0.2, -0.15) is 0 Å². The van der Waals surface area contributed by atoms with Gasteiger partial charge >= 0.3 is 17.9 Å².